The molecule has 0 radical (unpaired) electrons. The van der Waals surface area contributed by atoms with Gasteiger partial charge in [-0.25, -0.2) is 0 Å². The Hall–Kier alpha value is -1.12. The van der Waals surface area contributed by atoms with E-state index in [1.807, 2.05) is 24.8 Å². The van der Waals surface area contributed by atoms with Gasteiger partial charge in [-0.1, -0.05) is 19.9 Å². The second kappa shape index (κ2) is 5.03. The lowest BCUT2D eigenvalue weighted by atomic mass is 10.0. The highest BCUT2D eigenvalue weighted by molar-refractivity contribution is 5.98. The quantitative estimate of drug-likeness (QED) is 0.752. The van der Waals surface area contributed by atoms with Crippen LogP contribution in [-0.4, -0.2) is 29.7 Å². The van der Waals surface area contributed by atoms with Crippen LogP contribution in [0.4, 0.5) is 0 Å². The molecule has 1 saturated carbocycles. The molecule has 1 aliphatic carbocycles. The molecule has 0 aromatic heterocycles. The summed E-state index contributed by atoms with van der Waals surface area (Å²) in [7, 11) is 0. The summed E-state index contributed by atoms with van der Waals surface area (Å²) >= 11 is 0. The molecule has 1 heterocycles. The van der Waals surface area contributed by atoms with Crippen LogP contribution in [0.3, 0.4) is 0 Å². The van der Waals surface area contributed by atoms with Gasteiger partial charge in [0.15, 0.2) is 5.78 Å². The van der Waals surface area contributed by atoms with Gasteiger partial charge in [-0.3, -0.25) is 9.59 Å². The third-order valence-corrected chi connectivity index (χ3v) is 3.51. The molecule has 2 aliphatic rings. The summed E-state index contributed by atoms with van der Waals surface area (Å²) in [4.78, 5) is 25.7. The molecule has 0 spiro atoms. The van der Waals surface area contributed by atoms with E-state index in [0.717, 1.165) is 37.8 Å². The van der Waals surface area contributed by atoms with E-state index in [4.69, 9.17) is 0 Å². The van der Waals surface area contributed by atoms with Crippen molar-refractivity contribution in [3.8, 4) is 0 Å². The Kier molecular flexibility index (Phi) is 3.65. The van der Waals surface area contributed by atoms with Gasteiger partial charge < -0.3 is 4.90 Å². The molecule has 0 bridgehead atoms. The van der Waals surface area contributed by atoms with Crippen LogP contribution in [0.2, 0.25) is 0 Å². The van der Waals surface area contributed by atoms with Gasteiger partial charge in [-0.15, -0.1) is 0 Å². The minimum absolute atomic E-state index is 0.0516. The highest BCUT2D eigenvalue weighted by Crippen LogP contribution is 2.33. The fourth-order valence-corrected chi connectivity index (χ4v) is 2.28. The van der Waals surface area contributed by atoms with Crippen LogP contribution in [0, 0.1) is 11.8 Å². The van der Waals surface area contributed by atoms with E-state index in [-0.39, 0.29) is 11.8 Å². The summed E-state index contributed by atoms with van der Waals surface area (Å²) in [5.41, 5.74) is 0.964. The number of carbonyl (C=O) groups excluding carboxylic acids is 2. The van der Waals surface area contributed by atoms with E-state index in [9.17, 15) is 9.59 Å². The van der Waals surface area contributed by atoms with E-state index in [0.29, 0.717) is 18.2 Å². The Bertz CT molecular complexity index is 353. The minimum Gasteiger partial charge on any atom is -0.342 e. The Morgan fingerprint density at radius 2 is 2.00 bits per heavy atom. The van der Waals surface area contributed by atoms with Crippen molar-refractivity contribution < 1.29 is 9.59 Å². The first kappa shape index (κ1) is 12.3. The molecule has 0 saturated heterocycles. The van der Waals surface area contributed by atoms with Crippen LogP contribution in [-0.2, 0) is 9.59 Å². The molecule has 2 rings (SSSR count). The molecule has 17 heavy (non-hydrogen) atoms. The smallest absolute Gasteiger partial charge is 0.225 e. The van der Waals surface area contributed by atoms with E-state index in [1.165, 1.54) is 0 Å². The zero-order valence-corrected chi connectivity index (χ0v) is 10.7. The molecule has 1 amide bonds. The number of carbonyl (C=O) groups is 2. The van der Waals surface area contributed by atoms with E-state index in [1.54, 1.807) is 0 Å². The van der Waals surface area contributed by atoms with E-state index < -0.39 is 0 Å². The van der Waals surface area contributed by atoms with Gasteiger partial charge in [0.25, 0.3) is 0 Å². The predicted molar refractivity (Wildman–Crippen MR) is 66.5 cm³/mol. The number of nitrogens with zero attached hydrogens (tertiary/aromatic N) is 1. The van der Waals surface area contributed by atoms with Crippen molar-refractivity contribution in [2.45, 2.75) is 39.5 Å². The molecule has 3 nitrogen and oxygen atoms in total. The maximum absolute atomic E-state index is 12.0. The highest BCUT2D eigenvalue weighted by atomic mass is 16.2. The molecule has 0 aromatic carbocycles. The lowest BCUT2D eigenvalue weighted by Gasteiger charge is -2.22. The van der Waals surface area contributed by atoms with Crippen LogP contribution in [0.15, 0.2) is 11.6 Å². The minimum atomic E-state index is 0.0516. The number of rotatable bonds is 3. The normalized spacial score (nSPS) is 21.1. The summed E-state index contributed by atoms with van der Waals surface area (Å²) in [6.45, 7) is 5.33. The summed E-state index contributed by atoms with van der Waals surface area (Å²) in [5.74, 6) is 0.895. The average Bonchev–Trinajstić information content (AvgIpc) is 3.13. The van der Waals surface area contributed by atoms with Gasteiger partial charge in [-0.2, -0.15) is 0 Å². The standard InChI is InChI=1S/C14H21NO2/c1-10(2)14(17)15-8-3-4-11(7-9-15)13(16)12-5-6-12/h4,10,12H,3,5-9H2,1-2H3. The van der Waals surface area contributed by atoms with Gasteiger partial charge in [0.05, 0.1) is 0 Å². The lowest BCUT2D eigenvalue weighted by molar-refractivity contribution is -0.134. The topological polar surface area (TPSA) is 37.4 Å². The third-order valence-electron chi connectivity index (χ3n) is 3.51. The fourth-order valence-electron chi connectivity index (χ4n) is 2.28. The Balaban J connectivity index is 1.93. The molecular formula is C14H21NO2. The van der Waals surface area contributed by atoms with Crippen molar-refractivity contribution in [2.75, 3.05) is 13.1 Å². The zero-order chi connectivity index (χ0) is 12.4. The number of Topliss-reactive ketones (excluding diaryl/α,β-unsaturated/α-hetero) is 1. The first-order chi connectivity index (χ1) is 8.09. The Morgan fingerprint density at radius 1 is 1.29 bits per heavy atom. The molecule has 0 aromatic rings. The van der Waals surface area contributed by atoms with Crippen molar-refractivity contribution in [1.29, 1.82) is 0 Å². The SMILES string of the molecule is CC(C)C(=O)N1CCC=C(C(=O)C2CC2)CC1. The van der Waals surface area contributed by atoms with Gasteiger partial charge in [0.2, 0.25) is 5.91 Å². The van der Waals surface area contributed by atoms with Crippen molar-refractivity contribution in [1.82, 2.24) is 4.90 Å². The summed E-state index contributed by atoms with van der Waals surface area (Å²) in [6.07, 6.45) is 5.74. The molecule has 1 aliphatic heterocycles. The number of hydrogen-bond acceptors (Lipinski definition) is 2. The van der Waals surface area contributed by atoms with E-state index >= 15 is 0 Å². The number of ketones is 1. The van der Waals surface area contributed by atoms with Crippen molar-refractivity contribution in [3.63, 3.8) is 0 Å². The van der Waals surface area contributed by atoms with Gasteiger partial charge >= 0.3 is 0 Å². The van der Waals surface area contributed by atoms with Crippen molar-refractivity contribution in [2.24, 2.45) is 11.8 Å². The molecule has 0 unspecified atom stereocenters. The number of hydrogen-bond donors (Lipinski definition) is 0. The Labute approximate surface area is 103 Å². The fraction of sp³-hybridized carbons (Fsp3) is 0.714. The molecule has 0 N–H and O–H groups in total. The second-order valence-electron chi connectivity index (χ2n) is 5.39. The van der Waals surface area contributed by atoms with Crippen LogP contribution in [0.25, 0.3) is 0 Å². The van der Waals surface area contributed by atoms with E-state index in [2.05, 4.69) is 0 Å². The Morgan fingerprint density at radius 3 is 2.59 bits per heavy atom. The first-order valence-corrected chi connectivity index (χ1v) is 6.61. The zero-order valence-electron chi connectivity index (χ0n) is 10.7. The maximum Gasteiger partial charge on any atom is 0.225 e. The first-order valence-electron chi connectivity index (χ1n) is 6.61. The molecule has 94 valence electrons. The van der Waals surface area contributed by atoms with Crippen LogP contribution in [0.1, 0.15) is 39.5 Å². The summed E-state index contributed by atoms with van der Waals surface area (Å²) < 4.78 is 0. The lowest BCUT2D eigenvalue weighted by Crippen LogP contribution is -2.35. The summed E-state index contributed by atoms with van der Waals surface area (Å²) in [5, 5.41) is 0. The third kappa shape index (κ3) is 2.96. The monoisotopic (exact) mass is 235 g/mol. The maximum atomic E-state index is 12.0. The molecule has 0 atom stereocenters. The van der Waals surface area contributed by atoms with Gasteiger partial charge in [0, 0.05) is 24.9 Å². The van der Waals surface area contributed by atoms with Crippen LogP contribution >= 0.6 is 0 Å². The molecule has 3 heteroatoms. The van der Waals surface area contributed by atoms with Crippen LogP contribution < -0.4 is 0 Å². The highest BCUT2D eigenvalue weighted by Gasteiger charge is 2.32. The molecular weight excluding hydrogens is 214 g/mol. The largest absolute Gasteiger partial charge is 0.342 e. The van der Waals surface area contributed by atoms with Gasteiger partial charge in [-0.05, 0) is 31.3 Å². The van der Waals surface area contributed by atoms with Crippen molar-refractivity contribution >= 4 is 11.7 Å². The summed E-state index contributed by atoms with van der Waals surface area (Å²) in [6, 6.07) is 0. The molecule has 1 fully saturated rings. The van der Waals surface area contributed by atoms with Crippen LogP contribution in [0.5, 0.6) is 0 Å². The average molecular weight is 235 g/mol. The predicted octanol–water partition coefficient (Wildman–Crippen LogP) is 2.17. The van der Waals surface area contributed by atoms with Gasteiger partial charge in [0.1, 0.15) is 0 Å². The van der Waals surface area contributed by atoms with Crippen molar-refractivity contribution in [3.05, 3.63) is 11.6 Å². The second-order valence-corrected chi connectivity index (χ2v) is 5.39. The number of amides is 1.